The lowest BCUT2D eigenvalue weighted by molar-refractivity contribution is 0.0950. The number of carbonyl (C=O) groups excluding carboxylic acids is 1. The van der Waals surface area contributed by atoms with E-state index in [1.807, 2.05) is 45.2 Å². The monoisotopic (exact) mass is 431 g/mol. The number of hydrogen-bond acceptors (Lipinski definition) is 5. The lowest BCUT2D eigenvalue weighted by atomic mass is 10.2. The lowest BCUT2D eigenvalue weighted by Gasteiger charge is -2.31. The number of benzene rings is 2. The van der Waals surface area contributed by atoms with Crippen molar-refractivity contribution in [2.24, 2.45) is 0 Å². The van der Waals surface area contributed by atoms with Gasteiger partial charge < -0.3 is 15.0 Å². The van der Waals surface area contributed by atoms with E-state index in [-0.39, 0.29) is 16.9 Å². The fraction of sp³-hybridized carbons (Fsp3) is 0.409. The Kier molecular flexibility index (Phi) is 7.12. The van der Waals surface area contributed by atoms with Gasteiger partial charge in [-0.05, 0) is 56.8 Å². The Labute approximate surface area is 178 Å². The number of hydrogen-bond donors (Lipinski definition) is 1. The summed E-state index contributed by atoms with van der Waals surface area (Å²) in [4.78, 5) is 14.9. The highest BCUT2D eigenvalue weighted by Gasteiger charge is 2.27. The largest absolute Gasteiger partial charge is 0.491 e. The first-order chi connectivity index (χ1) is 14.3. The standard InChI is InChI=1S/C22H29N3O4S/c1-17(2)29-20-8-4-6-18(14-20)16-23-22(26)19-7-5-9-21(15-19)30(27,28)25-12-10-24(3)11-13-25/h4-9,14-15,17H,10-13,16H2,1-3H3,(H,23,26). The smallest absolute Gasteiger partial charge is 0.251 e. The van der Waals surface area contributed by atoms with Crippen molar-refractivity contribution in [3.05, 3.63) is 59.7 Å². The highest BCUT2D eigenvalue weighted by Crippen LogP contribution is 2.19. The normalized spacial score (nSPS) is 15.9. The highest BCUT2D eigenvalue weighted by molar-refractivity contribution is 7.89. The van der Waals surface area contributed by atoms with Crippen LogP contribution in [0.15, 0.2) is 53.4 Å². The van der Waals surface area contributed by atoms with Gasteiger partial charge in [0.05, 0.1) is 11.0 Å². The summed E-state index contributed by atoms with van der Waals surface area (Å²) in [5.41, 5.74) is 1.22. The van der Waals surface area contributed by atoms with Crippen LogP contribution in [0.5, 0.6) is 5.75 Å². The Hall–Kier alpha value is -2.42. The van der Waals surface area contributed by atoms with Gasteiger partial charge in [0, 0.05) is 38.3 Å². The van der Waals surface area contributed by atoms with Crippen molar-refractivity contribution in [2.75, 3.05) is 33.2 Å². The third-order valence-electron chi connectivity index (χ3n) is 4.92. The van der Waals surface area contributed by atoms with Gasteiger partial charge in [-0.2, -0.15) is 4.31 Å². The molecule has 0 atom stereocenters. The summed E-state index contributed by atoms with van der Waals surface area (Å²) in [6.07, 6.45) is 0.0693. The van der Waals surface area contributed by atoms with Crippen LogP contribution in [0.1, 0.15) is 29.8 Å². The van der Waals surface area contributed by atoms with Gasteiger partial charge >= 0.3 is 0 Å². The molecule has 0 unspecified atom stereocenters. The minimum Gasteiger partial charge on any atom is -0.491 e. The number of sulfonamides is 1. The van der Waals surface area contributed by atoms with Gasteiger partial charge in [0.2, 0.25) is 10.0 Å². The molecule has 1 aliphatic heterocycles. The first-order valence-corrected chi connectivity index (χ1v) is 11.5. The molecule has 30 heavy (non-hydrogen) atoms. The van der Waals surface area contributed by atoms with Crippen LogP contribution in [-0.4, -0.2) is 62.9 Å². The molecule has 1 heterocycles. The van der Waals surface area contributed by atoms with Crippen molar-refractivity contribution in [3.8, 4) is 5.75 Å². The average Bonchev–Trinajstić information content (AvgIpc) is 2.72. The third-order valence-corrected chi connectivity index (χ3v) is 6.81. The van der Waals surface area contributed by atoms with Crippen LogP contribution in [0.3, 0.4) is 0 Å². The van der Waals surface area contributed by atoms with Crippen molar-refractivity contribution in [2.45, 2.75) is 31.4 Å². The van der Waals surface area contributed by atoms with E-state index in [9.17, 15) is 13.2 Å². The number of amides is 1. The average molecular weight is 432 g/mol. The molecular formula is C22H29N3O4S. The molecule has 1 fully saturated rings. The van der Waals surface area contributed by atoms with Gasteiger partial charge in [-0.15, -0.1) is 0 Å². The first-order valence-electron chi connectivity index (χ1n) is 10.1. The molecule has 0 saturated carbocycles. The quantitative estimate of drug-likeness (QED) is 0.728. The first kappa shape index (κ1) is 22.3. The van der Waals surface area contributed by atoms with Crippen molar-refractivity contribution in [3.63, 3.8) is 0 Å². The molecule has 162 valence electrons. The van der Waals surface area contributed by atoms with Gasteiger partial charge in [-0.25, -0.2) is 8.42 Å². The summed E-state index contributed by atoms with van der Waals surface area (Å²) in [6.45, 7) is 6.52. The zero-order chi connectivity index (χ0) is 21.7. The summed E-state index contributed by atoms with van der Waals surface area (Å²) >= 11 is 0. The Bertz CT molecular complexity index is 983. The molecule has 8 heteroatoms. The van der Waals surface area contributed by atoms with E-state index in [4.69, 9.17) is 4.74 Å². The van der Waals surface area contributed by atoms with E-state index in [2.05, 4.69) is 10.2 Å². The minimum absolute atomic E-state index is 0.0693. The number of likely N-dealkylation sites (N-methyl/N-ethyl adjacent to an activating group) is 1. The number of piperazine rings is 1. The molecule has 0 radical (unpaired) electrons. The zero-order valence-corrected chi connectivity index (χ0v) is 18.5. The predicted molar refractivity (Wildman–Crippen MR) is 116 cm³/mol. The fourth-order valence-corrected chi connectivity index (χ4v) is 4.73. The van der Waals surface area contributed by atoms with Gasteiger partial charge in [0.25, 0.3) is 5.91 Å². The molecule has 0 bridgehead atoms. The number of carbonyl (C=O) groups is 1. The Morgan fingerprint density at radius 2 is 1.77 bits per heavy atom. The van der Waals surface area contributed by atoms with E-state index in [0.29, 0.717) is 38.3 Å². The summed E-state index contributed by atoms with van der Waals surface area (Å²) in [6, 6.07) is 13.8. The van der Waals surface area contributed by atoms with Crippen molar-refractivity contribution >= 4 is 15.9 Å². The van der Waals surface area contributed by atoms with Gasteiger partial charge in [0.1, 0.15) is 5.75 Å². The van der Waals surface area contributed by atoms with Gasteiger partial charge in [0.15, 0.2) is 0 Å². The summed E-state index contributed by atoms with van der Waals surface area (Å²) in [5.74, 6) is 0.428. The number of nitrogens with zero attached hydrogens (tertiary/aromatic N) is 2. The molecule has 0 aromatic heterocycles. The topological polar surface area (TPSA) is 78.9 Å². The molecule has 1 saturated heterocycles. The van der Waals surface area contributed by atoms with E-state index >= 15 is 0 Å². The van der Waals surface area contributed by atoms with Crippen LogP contribution in [0.25, 0.3) is 0 Å². The number of ether oxygens (including phenoxy) is 1. The molecule has 1 aliphatic rings. The molecule has 0 aliphatic carbocycles. The number of nitrogens with one attached hydrogen (secondary N) is 1. The maximum atomic E-state index is 12.9. The van der Waals surface area contributed by atoms with Crippen LogP contribution >= 0.6 is 0 Å². The van der Waals surface area contributed by atoms with E-state index in [1.54, 1.807) is 12.1 Å². The maximum Gasteiger partial charge on any atom is 0.251 e. The van der Waals surface area contributed by atoms with Crippen LogP contribution in [0.4, 0.5) is 0 Å². The predicted octanol–water partition coefficient (Wildman–Crippen LogP) is 2.34. The Balaban J connectivity index is 1.67. The Morgan fingerprint density at radius 1 is 1.07 bits per heavy atom. The molecule has 2 aromatic carbocycles. The second-order valence-corrected chi connectivity index (χ2v) is 9.67. The molecule has 7 nitrogen and oxygen atoms in total. The molecule has 3 rings (SSSR count). The molecular weight excluding hydrogens is 402 g/mol. The minimum atomic E-state index is -3.62. The third kappa shape index (κ3) is 5.59. The molecule has 0 spiro atoms. The summed E-state index contributed by atoms with van der Waals surface area (Å²) in [7, 11) is -1.64. The van der Waals surface area contributed by atoms with Gasteiger partial charge in [-0.1, -0.05) is 18.2 Å². The SMILES string of the molecule is CC(C)Oc1cccc(CNC(=O)c2cccc(S(=O)(=O)N3CCN(C)CC3)c2)c1. The van der Waals surface area contributed by atoms with Crippen LogP contribution < -0.4 is 10.1 Å². The van der Waals surface area contributed by atoms with Crippen molar-refractivity contribution in [1.29, 1.82) is 0 Å². The van der Waals surface area contributed by atoms with Crippen molar-refractivity contribution in [1.82, 2.24) is 14.5 Å². The van der Waals surface area contributed by atoms with E-state index in [0.717, 1.165) is 11.3 Å². The second kappa shape index (κ2) is 9.59. The molecule has 1 N–H and O–H groups in total. The highest BCUT2D eigenvalue weighted by atomic mass is 32.2. The van der Waals surface area contributed by atoms with Crippen LogP contribution in [0.2, 0.25) is 0 Å². The van der Waals surface area contributed by atoms with Crippen molar-refractivity contribution < 1.29 is 17.9 Å². The lowest BCUT2D eigenvalue weighted by Crippen LogP contribution is -2.47. The maximum absolute atomic E-state index is 12.9. The van der Waals surface area contributed by atoms with E-state index < -0.39 is 10.0 Å². The fourth-order valence-electron chi connectivity index (χ4n) is 3.26. The number of rotatable bonds is 7. The zero-order valence-electron chi connectivity index (χ0n) is 17.7. The van der Waals surface area contributed by atoms with E-state index in [1.165, 1.54) is 16.4 Å². The summed E-state index contributed by atoms with van der Waals surface area (Å²) in [5, 5.41) is 2.85. The molecule has 1 amide bonds. The Morgan fingerprint density at radius 3 is 2.47 bits per heavy atom. The van der Waals surface area contributed by atoms with Crippen LogP contribution in [0, 0.1) is 0 Å². The van der Waals surface area contributed by atoms with Crippen LogP contribution in [-0.2, 0) is 16.6 Å². The summed E-state index contributed by atoms with van der Waals surface area (Å²) < 4.78 is 33.0. The second-order valence-electron chi connectivity index (χ2n) is 7.73. The van der Waals surface area contributed by atoms with Gasteiger partial charge in [-0.3, -0.25) is 4.79 Å². The molecule has 2 aromatic rings.